The van der Waals surface area contributed by atoms with Gasteiger partial charge in [-0.25, -0.2) is 0 Å². The van der Waals surface area contributed by atoms with Crippen LogP contribution in [0.4, 0.5) is 5.69 Å². The largest absolute Gasteiger partial charge is 0.325 e. The van der Waals surface area contributed by atoms with Crippen LogP contribution in [0.1, 0.15) is 12.5 Å². The van der Waals surface area contributed by atoms with Gasteiger partial charge in [0, 0.05) is 11.9 Å². The van der Waals surface area contributed by atoms with Gasteiger partial charge >= 0.3 is 0 Å². The summed E-state index contributed by atoms with van der Waals surface area (Å²) in [6.07, 6.45) is 1.68. The fourth-order valence-corrected chi connectivity index (χ4v) is 3.47. The van der Waals surface area contributed by atoms with Gasteiger partial charge in [0.25, 0.3) is 0 Å². The molecule has 3 aromatic rings. The lowest BCUT2D eigenvalue weighted by Crippen LogP contribution is -2.23. The summed E-state index contributed by atoms with van der Waals surface area (Å²) in [6.45, 7) is 3.76. The second kappa shape index (κ2) is 7.01. The summed E-state index contributed by atoms with van der Waals surface area (Å²) in [5, 5.41) is 12.1. The minimum Gasteiger partial charge on any atom is -0.325 e. The smallest absolute Gasteiger partial charge is 0.237 e. The molecule has 8 heteroatoms. The van der Waals surface area contributed by atoms with E-state index < -0.39 is 0 Å². The summed E-state index contributed by atoms with van der Waals surface area (Å²) in [7, 11) is 0. The number of rotatable bonds is 4. The summed E-state index contributed by atoms with van der Waals surface area (Å²) in [4.78, 5) is 12.4. The monoisotopic (exact) mass is 380 g/mol. The van der Waals surface area contributed by atoms with E-state index in [9.17, 15) is 4.79 Å². The van der Waals surface area contributed by atoms with Gasteiger partial charge in [0.05, 0.1) is 15.3 Å². The first kappa shape index (κ1) is 17.1. The predicted octanol–water partition coefficient (Wildman–Crippen LogP) is 4.46. The Kier molecular flexibility index (Phi) is 4.99. The van der Waals surface area contributed by atoms with E-state index in [1.54, 1.807) is 16.7 Å². The molecule has 5 nitrogen and oxygen atoms in total. The normalized spacial score (nSPS) is 12.3. The van der Waals surface area contributed by atoms with Gasteiger partial charge in [-0.05, 0) is 31.5 Å². The Morgan fingerprint density at radius 2 is 2.04 bits per heavy atom. The molecule has 1 atom stereocenters. The summed E-state index contributed by atoms with van der Waals surface area (Å²) in [6, 6.07) is 9.24. The number of benzene rings is 1. The molecule has 0 aliphatic carbocycles. The number of anilines is 1. The van der Waals surface area contributed by atoms with Crippen LogP contribution in [0, 0.1) is 6.92 Å². The highest BCUT2D eigenvalue weighted by atomic mass is 35.5. The second-order valence-electron chi connectivity index (χ2n) is 5.25. The fourth-order valence-electron chi connectivity index (χ4n) is 2.14. The van der Waals surface area contributed by atoms with Crippen LogP contribution in [-0.2, 0) is 4.79 Å². The van der Waals surface area contributed by atoms with Crippen molar-refractivity contribution in [1.82, 2.24) is 14.6 Å². The van der Waals surface area contributed by atoms with E-state index in [-0.39, 0.29) is 11.2 Å². The van der Waals surface area contributed by atoms with Crippen molar-refractivity contribution in [3.05, 3.63) is 52.1 Å². The second-order valence-corrected chi connectivity index (χ2v) is 7.40. The zero-order valence-electron chi connectivity index (χ0n) is 13.0. The predicted molar refractivity (Wildman–Crippen MR) is 98.1 cm³/mol. The Bertz CT molecular complexity index is 912. The van der Waals surface area contributed by atoms with Crippen LogP contribution in [0.2, 0.25) is 10.0 Å². The van der Waals surface area contributed by atoms with Crippen molar-refractivity contribution in [3.8, 4) is 0 Å². The fraction of sp³-hybridized carbons (Fsp3) is 0.188. The van der Waals surface area contributed by atoms with Gasteiger partial charge in [-0.1, -0.05) is 53.2 Å². The van der Waals surface area contributed by atoms with Crippen molar-refractivity contribution >= 4 is 52.2 Å². The Morgan fingerprint density at radius 1 is 1.29 bits per heavy atom. The van der Waals surface area contributed by atoms with Crippen molar-refractivity contribution < 1.29 is 4.79 Å². The van der Waals surface area contributed by atoms with Crippen molar-refractivity contribution in [2.45, 2.75) is 24.3 Å². The average Bonchev–Trinajstić information content (AvgIpc) is 2.92. The third-order valence-corrected chi connectivity index (χ3v) is 4.99. The summed E-state index contributed by atoms with van der Waals surface area (Å²) in [5.74, 6) is -0.112. The molecule has 0 aliphatic rings. The molecule has 0 bridgehead atoms. The molecule has 1 aromatic carbocycles. The van der Waals surface area contributed by atoms with Gasteiger partial charge in [-0.3, -0.25) is 9.20 Å². The maximum atomic E-state index is 12.4. The van der Waals surface area contributed by atoms with Gasteiger partial charge in [0.15, 0.2) is 10.8 Å². The number of carbonyl (C=O) groups is 1. The molecular weight excluding hydrogens is 367 g/mol. The number of amides is 1. The first-order chi connectivity index (χ1) is 11.5. The summed E-state index contributed by atoms with van der Waals surface area (Å²) in [5.41, 5.74) is 2.32. The molecule has 0 radical (unpaired) electrons. The van der Waals surface area contributed by atoms with E-state index in [0.29, 0.717) is 20.8 Å². The number of hydrogen-bond donors (Lipinski definition) is 1. The lowest BCUT2D eigenvalue weighted by atomic mass is 10.2. The zero-order chi connectivity index (χ0) is 17.3. The topological polar surface area (TPSA) is 59.3 Å². The Hall–Kier alpha value is -1.76. The number of hydrogen-bond acceptors (Lipinski definition) is 4. The van der Waals surface area contributed by atoms with Gasteiger partial charge in [0.2, 0.25) is 5.91 Å². The Labute approximate surface area is 153 Å². The molecule has 1 N–H and O–H groups in total. The van der Waals surface area contributed by atoms with Crippen LogP contribution >= 0.6 is 35.0 Å². The van der Waals surface area contributed by atoms with Crippen molar-refractivity contribution in [2.75, 3.05) is 5.32 Å². The molecule has 0 saturated carbocycles. The van der Waals surface area contributed by atoms with Crippen LogP contribution in [0.3, 0.4) is 0 Å². The number of fused-ring (bicyclic) bond motifs is 1. The number of nitrogens with zero attached hydrogens (tertiary/aromatic N) is 3. The third-order valence-electron chi connectivity index (χ3n) is 3.45. The molecule has 24 heavy (non-hydrogen) atoms. The average molecular weight is 381 g/mol. The van der Waals surface area contributed by atoms with Crippen LogP contribution in [0.5, 0.6) is 0 Å². The van der Waals surface area contributed by atoms with Gasteiger partial charge in [-0.15, -0.1) is 10.2 Å². The van der Waals surface area contributed by atoms with Gasteiger partial charge < -0.3 is 5.32 Å². The molecule has 2 aromatic heterocycles. The van der Waals surface area contributed by atoms with Crippen LogP contribution in [-0.4, -0.2) is 25.8 Å². The number of nitrogens with one attached hydrogen (secondary N) is 1. The Morgan fingerprint density at radius 3 is 2.79 bits per heavy atom. The maximum Gasteiger partial charge on any atom is 0.237 e. The highest BCUT2D eigenvalue weighted by molar-refractivity contribution is 8.00. The zero-order valence-corrected chi connectivity index (χ0v) is 15.3. The van der Waals surface area contributed by atoms with Crippen molar-refractivity contribution in [2.24, 2.45) is 0 Å². The molecule has 1 amide bonds. The van der Waals surface area contributed by atoms with Gasteiger partial charge in [-0.2, -0.15) is 0 Å². The maximum absolute atomic E-state index is 12.4. The number of aryl methyl sites for hydroxylation is 1. The first-order valence-corrected chi connectivity index (χ1v) is 8.82. The number of para-hydroxylation sites is 1. The number of carbonyl (C=O) groups excluding carboxylic acids is 1. The molecule has 0 aliphatic heterocycles. The molecule has 3 rings (SSSR count). The lowest BCUT2D eigenvalue weighted by molar-refractivity contribution is -0.115. The molecule has 0 unspecified atom stereocenters. The van der Waals surface area contributed by atoms with Crippen molar-refractivity contribution in [1.29, 1.82) is 0 Å². The summed E-state index contributed by atoms with van der Waals surface area (Å²) >= 11 is 13.4. The van der Waals surface area contributed by atoms with Gasteiger partial charge in [0.1, 0.15) is 0 Å². The van der Waals surface area contributed by atoms with E-state index in [4.69, 9.17) is 23.2 Å². The van der Waals surface area contributed by atoms with Crippen LogP contribution < -0.4 is 5.32 Å². The highest BCUT2D eigenvalue weighted by Crippen LogP contribution is 2.28. The molecule has 0 spiro atoms. The highest BCUT2D eigenvalue weighted by Gasteiger charge is 2.19. The SMILES string of the molecule is Cc1ccccc1NC(=O)[C@H](C)Sc1nnc2c(Cl)cc(Cl)cn12. The minimum absolute atomic E-state index is 0.112. The quantitative estimate of drug-likeness (QED) is 0.678. The van der Waals surface area contributed by atoms with Crippen molar-refractivity contribution in [3.63, 3.8) is 0 Å². The van der Waals surface area contributed by atoms with Crippen LogP contribution in [0.15, 0.2) is 41.7 Å². The third kappa shape index (κ3) is 3.50. The van der Waals surface area contributed by atoms with Crippen LogP contribution in [0.25, 0.3) is 5.65 Å². The number of pyridine rings is 1. The summed E-state index contributed by atoms with van der Waals surface area (Å²) < 4.78 is 1.69. The van der Waals surface area contributed by atoms with E-state index in [0.717, 1.165) is 11.3 Å². The molecular formula is C16H14Cl2N4OS. The lowest BCUT2D eigenvalue weighted by Gasteiger charge is -2.12. The number of thioether (sulfide) groups is 1. The molecule has 2 heterocycles. The van der Waals surface area contributed by atoms with E-state index >= 15 is 0 Å². The number of halogens is 2. The van der Waals surface area contributed by atoms with E-state index in [2.05, 4.69) is 15.5 Å². The first-order valence-electron chi connectivity index (χ1n) is 7.18. The van der Waals surface area contributed by atoms with E-state index in [1.807, 2.05) is 38.1 Å². The minimum atomic E-state index is -0.366. The molecule has 0 fully saturated rings. The standard InChI is InChI=1S/C16H14Cl2N4OS/c1-9-5-3-4-6-13(9)19-15(23)10(2)24-16-21-20-14-12(18)7-11(17)8-22(14)16/h3-8,10H,1-2H3,(H,19,23)/t10-/m0/s1. The number of aromatic nitrogens is 3. The van der Waals surface area contributed by atoms with E-state index in [1.165, 1.54) is 11.8 Å². The molecule has 124 valence electrons. The molecule has 0 saturated heterocycles. The Balaban J connectivity index is 1.78.